The maximum atomic E-state index is 11.9. The summed E-state index contributed by atoms with van der Waals surface area (Å²) >= 11 is 0. The van der Waals surface area contributed by atoms with E-state index < -0.39 is 56.3 Å². The van der Waals surface area contributed by atoms with Crippen LogP contribution in [0.5, 0.6) is 0 Å². The fourth-order valence-corrected chi connectivity index (χ4v) is 3.49. The van der Waals surface area contributed by atoms with Crippen LogP contribution in [-0.4, -0.2) is 61.0 Å². The first kappa shape index (κ1) is 19.0. The van der Waals surface area contributed by atoms with Gasteiger partial charge in [0.15, 0.2) is 5.85 Å². The van der Waals surface area contributed by atoms with Crippen LogP contribution >= 0.6 is 7.60 Å². The molecule has 1 unspecified atom stereocenters. The summed E-state index contributed by atoms with van der Waals surface area (Å²) in [5.41, 5.74) is -1.11. The average molecular weight is 366 g/mol. The van der Waals surface area contributed by atoms with Crippen molar-refractivity contribution in [1.82, 2.24) is 9.55 Å². The van der Waals surface area contributed by atoms with Gasteiger partial charge in [0.1, 0.15) is 12.3 Å². The molecular weight excluding hydrogens is 347 g/mol. The van der Waals surface area contributed by atoms with Crippen LogP contribution in [0.15, 0.2) is 15.8 Å². The summed E-state index contributed by atoms with van der Waals surface area (Å²) in [6.07, 6.45) is -2.78. The number of rotatable bonds is 6. The number of aromatic amines is 1. The lowest BCUT2D eigenvalue weighted by Gasteiger charge is -2.24. The summed E-state index contributed by atoms with van der Waals surface area (Å²) in [4.78, 5) is 34.9. The Bertz CT molecular complexity index is 745. The van der Waals surface area contributed by atoms with E-state index in [4.69, 9.17) is 9.84 Å². The molecule has 1 saturated heterocycles. The van der Waals surface area contributed by atoms with Crippen LogP contribution in [0.2, 0.25) is 0 Å². The van der Waals surface area contributed by atoms with Gasteiger partial charge in [-0.25, -0.2) is 4.79 Å². The molecule has 1 aliphatic heterocycles. The van der Waals surface area contributed by atoms with Gasteiger partial charge in [-0.1, -0.05) is 0 Å². The predicted octanol–water partition coefficient (Wildman–Crippen LogP) is -1.99. The van der Waals surface area contributed by atoms with Crippen molar-refractivity contribution in [2.75, 3.05) is 13.2 Å². The van der Waals surface area contributed by atoms with Gasteiger partial charge in [-0.2, -0.15) is 0 Å². The molecule has 5 atom stereocenters. The van der Waals surface area contributed by atoms with Gasteiger partial charge in [0.05, 0.1) is 19.3 Å². The van der Waals surface area contributed by atoms with Crippen molar-refractivity contribution in [2.45, 2.75) is 37.6 Å². The number of aliphatic hydroxyl groups is 3. The van der Waals surface area contributed by atoms with E-state index in [1.165, 1.54) is 13.1 Å². The normalized spacial score (nSPS) is 27.8. The molecule has 0 saturated carbocycles. The first-order chi connectivity index (χ1) is 11.2. The monoisotopic (exact) mass is 366 g/mol. The molecular formula is C12H19N2O9P. The maximum Gasteiger partial charge on any atom is 0.359 e. The highest BCUT2D eigenvalue weighted by Crippen LogP contribution is 2.50. The largest absolute Gasteiger partial charge is 0.394 e. The van der Waals surface area contributed by atoms with Crippen molar-refractivity contribution in [3.8, 4) is 0 Å². The van der Waals surface area contributed by atoms with Crippen LogP contribution < -0.4 is 11.2 Å². The van der Waals surface area contributed by atoms with E-state index in [0.29, 0.717) is 0 Å². The topological polar surface area (TPSA) is 171 Å². The second-order valence-electron chi connectivity index (χ2n) is 5.37. The zero-order valence-corrected chi connectivity index (χ0v) is 13.6. The molecule has 2 heterocycles. The van der Waals surface area contributed by atoms with E-state index in [0.717, 1.165) is 4.57 Å². The molecule has 1 fully saturated rings. The molecule has 12 heteroatoms. The van der Waals surface area contributed by atoms with Crippen molar-refractivity contribution in [3.63, 3.8) is 0 Å². The van der Waals surface area contributed by atoms with Gasteiger partial charge in [0.25, 0.3) is 5.56 Å². The first-order valence-electron chi connectivity index (χ1n) is 7.09. The summed E-state index contributed by atoms with van der Waals surface area (Å²) in [5.74, 6) is -2.07. The van der Waals surface area contributed by atoms with Crippen LogP contribution in [0.25, 0.3) is 0 Å². The van der Waals surface area contributed by atoms with Gasteiger partial charge in [-0.3, -0.25) is 18.9 Å². The molecule has 0 aromatic carbocycles. The number of hydrogen-bond acceptors (Lipinski definition) is 8. The molecule has 1 aromatic heterocycles. The smallest absolute Gasteiger partial charge is 0.359 e. The van der Waals surface area contributed by atoms with Crippen LogP contribution in [0.3, 0.4) is 0 Å². The maximum absolute atomic E-state index is 11.9. The van der Waals surface area contributed by atoms with E-state index >= 15 is 0 Å². The molecule has 0 amide bonds. The van der Waals surface area contributed by atoms with Gasteiger partial charge < -0.3 is 29.5 Å². The standard InChI is InChI=1S/C12H19N2O9P/c1-6-5-14(12(19)13-10(6)17)8-4-7(16)9(23-8)11(18)24(20,21)22-3-2-15/h5,7-9,11,15-16,18H,2-4H2,1H3,(H,20,21)(H,13,17,19)/t7-,8+,9-,11-/m0/s1. The van der Waals surface area contributed by atoms with Gasteiger partial charge in [-0.05, 0) is 6.92 Å². The number of aliphatic hydroxyl groups excluding tert-OH is 3. The fraction of sp³-hybridized carbons (Fsp3) is 0.667. The number of H-pyrrole nitrogens is 1. The summed E-state index contributed by atoms with van der Waals surface area (Å²) in [6.45, 7) is 0.465. The Balaban J connectivity index is 2.21. The molecule has 24 heavy (non-hydrogen) atoms. The zero-order chi connectivity index (χ0) is 18.1. The van der Waals surface area contributed by atoms with Gasteiger partial charge in [0, 0.05) is 18.2 Å². The lowest BCUT2D eigenvalue weighted by molar-refractivity contribution is -0.0661. The van der Waals surface area contributed by atoms with Gasteiger partial charge >= 0.3 is 13.3 Å². The van der Waals surface area contributed by atoms with E-state index in [9.17, 15) is 29.3 Å². The number of aromatic nitrogens is 2. The Labute approximate surface area is 135 Å². The summed E-state index contributed by atoms with van der Waals surface area (Å²) < 4.78 is 22.7. The Hall–Kier alpha value is -1.33. The zero-order valence-electron chi connectivity index (χ0n) is 12.7. The number of ether oxygens (including phenoxy) is 1. The lowest BCUT2D eigenvalue weighted by Crippen LogP contribution is -2.36. The van der Waals surface area contributed by atoms with Crippen LogP contribution in [-0.2, 0) is 13.8 Å². The third-order valence-corrected chi connectivity index (χ3v) is 5.10. The van der Waals surface area contributed by atoms with E-state index in [-0.39, 0.29) is 12.0 Å². The quantitative estimate of drug-likeness (QED) is 0.357. The highest BCUT2D eigenvalue weighted by molar-refractivity contribution is 7.53. The summed E-state index contributed by atoms with van der Waals surface area (Å²) in [6, 6.07) is 0. The van der Waals surface area contributed by atoms with Crippen molar-refractivity contribution < 1.29 is 34.0 Å². The van der Waals surface area contributed by atoms with Crippen molar-refractivity contribution in [3.05, 3.63) is 32.6 Å². The van der Waals surface area contributed by atoms with Gasteiger partial charge in [0.2, 0.25) is 0 Å². The third kappa shape index (κ3) is 3.83. The highest BCUT2D eigenvalue weighted by atomic mass is 31.2. The number of nitrogens with one attached hydrogen (secondary N) is 1. The molecule has 1 aromatic rings. The summed E-state index contributed by atoms with van der Waals surface area (Å²) in [5, 5.41) is 28.6. The third-order valence-electron chi connectivity index (χ3n) is 3.59. The lowest BCUT2D eigenvalue weighted by atomic mass is 10.2. The van der Waals surface area contributed by atoms with Crippen molar-refractivity contribution in [1.29, 1.82) is 0 Å². The molecule has 0 bridgehead atoms. The Kier molecular flexibility index (Phi) is 5.76. The minimum Gasteiger partial charge on any atom is -0.394 e. The molecule has 0 radical (unpaired) electrons. The number of hydrogen-bond donors (Lipinski definition) is 5. The minimum absolute atomic E-state index is 0.146. The fourth-order valence-electron chi connectivity index (χ4n) is 2.35. The molecule has 5 N–H and O–H groups in total. The SMILES string of the molecule is Cc1cn([C@H]2C[C@H](O)[C@@H]([C@@H](O)P(=O)(O)OCCO)O2)c(=O)[nH]c1=O. The molecule has 0 spiro atoms. The highest BCUT2D eigenvalue weighted by Gasteiger charge is 2.47. The molecule has 11 nitrogen and oxygen atoms in total. The second kappa shape index (κ2) is 7.28. The predicted molar refractivity (Wildman–Crippen MR) is 79.5 cm³/mol. The minimum atomic E-state index is -4.57. The van der Waals surface area contributed by atoms with Crippen molar-refractivity contribution in [2.24, 2.45) is 0 Å². The molecule has 0 aliphatic carbocycles. The number of aryl methyl sites for hydroxylation is 1. The Morgan fingerprint density at radius 2 is 2.21 bits per heavy atom. The molecule has 136 valence electrons. The van der Waals surface area contributed by atoms with E-state index in [2.05, 4.69) is 9.51 Å². The second-order valence-corrected chi connectivity index (χ2v) is 7.29. The van der Waals surface area contributed by atoms with Crippen molar-refractivity contribution >= 4 is 7.60 Å². The molecule has 1 aliphatic rings. The molecule has 2 rings (SSSR count). The van der Waals surface area contributed by atoms with Crippen LogP contribution in [0, 0.1) is 6.92 Å². The summed E-state index contributed by atoms with van der Waals surface area (Å²) in [7, 11) is -4.57. The van der Waals surface area contributed by atoms with E-state index in [1.54, 1.807) is 0 Å². The van der Waals surface area contributed by atoms with Gasteiger partial charge in [-0.15, -0.1) is 0 Å². The van der Waals surface area contributed by atoms with Crippen LogP contribution in [0.4, 0.5) is 0 Å². The first-order valence-corrected chi connectivity index (χ1v) is 8.73. The average Bonchev–Trinajstić information content (AvgIpc) is 2.89. The number of nitrogens with zero attached hydrogens (tertiary/aromatic N) is 1. The van der Waals surface area contributed by atoms with Crippen LogP contribution in [0.1, 0.15) is 18.2 Å². The van der Waals surface area contributed by atoms with E-state index in [1.807, 2.05) is 0 Å². The Morgan fingerprint density at radius 1 is 1.54 bits per heavy atom. The Morgan fingerprint density at radius 3 is 2.83 bits per heavy atom.